The first-order valence-electron chi connectivity index (χ1n) is 6.21. The highest BCUT2D eigenvalue weighted by Crippen LogP contribution is 2.27. The molecule has 1 aliphatic heterocycles. The number of methoxy groups -OCH3 is 1. The molecule has 1 saturated heterocycles. The van der Waals surface area contributed by atoms with Crippen LogP contribution in [0.1, 0.15) is 20.8 Å². The van der Waals surface area contributed by atoms with Crippen molar-refractivity contribution in [2.45, 2.75) is 38.1 Å². The van der Waals surface area contributed by atoms with Crippen LogP contribution >= 0.6 is 0 Å². The predicted octanol–water partition coefficient (Wildman–Crippen LogP) is 2.74. The normalized spacial score (nSPS) is 17.4. The van der Waals surface area contributed by atoms with Crippen LogP contribution in [0.25, 0.3) is 0 Å². The van der Waals surface area contributed by atoms with Crippen LogP contribution < -0.4 is 0 Å². The van der Waals surface area contributed by atoms with Gasteiger partial charge in [0.15, 0.2) is 5.60 Å². The summed E-state index contributed by atoms with van der Waals surface area (Å²) in [6.07, 6.45) is -5.11. The number of hydrogen-bond acceptors (Lipinski definition) is 3. The molecule has 118 valence electrons. The molecule has 1 aliphatic rings. The van der Waals surface area contributed by atoms with Crippen molar-refractivity contribution in [2.24, 2.45) is 0 Å². The summed E-state index contributed by atoms with van der Waals surface area (Å²) in [7, 11) is 1.33. The first kappa shape index (κ1) is 17.4. The summed E-state index contributed by atoms with van der Waals surface area (Å²) in [4.78, 5) is 13.1. The van der Waals surface area contributed by atoms with Crippen LogP contribution in [0.15, 0.2) is 12.2 Å². The molecule has 0 bridgehead atoms. The fourth-order valence-electron chi connectivity index (χ4n) is 1.55. The number of likely N-dealkylation sites (tertiary alicyclic amines) is 1. The summed E-state index contributed by atoms with van der Waals surface area (Å²) in [6, 6.07) is 0. The van der Waals surface area contributed by atoms with Crippen molar-refractivity contribution in [3.63, 3.8) is 0 Å². The molecule has 0 atom stereocenters. The zero-order valence-corrected chi connectivity index (χ0v) is 12.4. The van der Waals surface area contributed by atoms with Crippen LogP contribution in [0.3, 0.4) is 0 Å². The molecule has 0 saturated carbocycles. The van der Waals surface area contributed by atoms with Gasteiger partial charge in [-0.15, -0.1) is 0 Å². The zero-order chi connectivity index (χ0) is 16.5. The average Bonchev–Trinajstić information content (AvgIpc) is 2.23. The second kappa shape index (κ2) is 5.60. The van der Waals surface area contributed by atoms with Crippen molar-refractivity contribution < 1.29 is 27.4 Å². The van der Waals surface area contributed by atoms with Gasteiger partial charge in [-0.05, 0) is 20.8 Å². The molecule has 0 unspecified atom stereocenters. The SMILES string of the molecule is C=C(C#CC1(OC)CN(C(=O)OC(C)(C)C)C1)C(F)(F)F. The summed E-state index contributed by atoms with van der Waals surface area (Å²) >= 11 is 0. The first-order chi connectivity index (χ1) is 9.38. The van der Waals surface area contributed by atoms with Gasteiger partial charge in [-0.25, -0.2) is 4.79 Å². The van der Waals surface area contributed by atoms with E-state index in [4.69, 9.17) is 9.47 Å². The number of halogens is 3. The third kappa shape index (κ3) is 4.67. The number of ether oxygens (including phenoxy) is 2. The standard InChI is InChI=1S/C14H18F3NO3/c1-10(14(15,16)17)6-7-13(20-5)8-18(9-13)11(19)21-12(2,3)4/h1,8-9H2,2-5H3. The topological polar surface area (TPSA) is 38.8 Å². The van der Waals surface area contributed by atoms with Crippen molar-refractivity contribution in [3.8, 4) is 11.8 Å². The maximum Gasteiger partial charge on any atom is 0.423 e. The summed E-state index contributed by atoms with van der Waals surface area (Å²) in [5, 5.41) is 0. The molecular weight excluding hydrogens is 287 g/mol. The Morgan fingerprint density at radius 2 is 1.81 bits per heavy atom. The van der Waals surface area contributed by atoms with Gasteiger partial charge >= 0.3 is 12.3 Å². The summed E-state index contributed by atoms with van der Waals surface area (Å²) in [6.45, 7) is 8.14. The molecule has 7 heteroatoms. The number of rotatable bonds is 1. The third-order valence-electron chi connectivity index (χ3n) is 2.72. The van der Waals surface area contributed by atoms with Crippen LogP contribution in [0, 0.1) is 11.8 Å². The van der Waals surface area contributed by atoms with Crippen molar-refractivity contribution in [1.82, 2.24) is 4.90 Å². The van der Waals surface area contributed by atoms with E-state index in [0.717, 1.165) is 0 Å². The van der Waals surface area contributed by atoms with Crippen LogP contribution in [0.2, 0.25) is 0 Å². The smallest absolute Gasteiger partial charge is 0.423 e. The van der Waals surface area contributed by atoms with Gasteiger partial charge in [0.25, 0.3) is 0 Å². The summed E-state index contributed by atoms with van der Waals surface area (Å²) in [5.74, 6) is 4.35. The lowest BCUT2D eigenvalue weighted by molar-refractivity contribution is -0.0889. The highest BCUT2D eigenvalue weighted by atomic mass is 19.4. The Kier molecular flexibility index (Phi) is 4.63. The van der Waals surface area contributed by atoms with E-state index in [1.165, 1.54) is 12.0 Å². The summed E-state index contributed by atoms with van der Waals surface area (Å²) < 4.78 is 47.2. The number of nitrogens with zero attached hydrogens (tertiary/aromatic N) is 1. The fraction of sp³-hybridized carbons (Fsp3) is 0.643. The number of allylic oxidation sites excluding steroid dienone is 1. The molecule has 1 rings (SSSR count). The zero-order valence-electron chi connectivity index (χ0n) is 12.4. The molecule has 0 radical (unpaired) electrons. The maximum absolute atomic E-state index is 12.3. The van der Waals surface area contributed by atoms with E-state index in [1.54, 1.807) is 20.8 Å². The molecule has 0 spiro atoms. The van der Waals surface area contributed by atoms with Gasteiger partial charge in [-0.1, -0.05) is 18.4 Å². The lowest BCUT2D eigenvalue weighted by Crippen LogP contribution is -2.64. The van der Waals surface area contributed by atoms with Gasteiger partial charge in [-0.3, -0.25) is 0 Å². The van der Waals surface area contributed by atoms with Gasteiger partial charge in [-0.2, -0.15) is 13.2 Å². The number of hydrogen-bond donors (Lipinski definition) is 0. The number of carbonyl (C=O) groups excluding carboxylic acids is 1. The number of alkyl halides is 3. The van der Waals surface area contributed by atoms with Crippen molar-refractivity contribution in [2.75, 3.05) is 20.2 Å². The lowest BCUT2D eigenvalue weighted by atomic mass is 9.94. The van der Waals surface area contributed by atoms with Gasteiger partial charge in [0.05, 0.1) is 18.7 Å². The minimum Gasteiger partial charge on any atom is -0.444 e. The monoisotopic (exact) mass is 305 g/mol. The lowest BCUT2D eigenvalue weighted by Gasteiger charge is -2.45. The minimum absolute atomic E-state index is 0.0521. The van der Waals surface area contributed by atoms with E-state index in [0.29, 0.717) is 0 Å². The van der Waals surface area contributed by atoms with Gasteiger partial charge < -0.3 is 14.4 Å². The molecular formula is C14H18F3NO3. The Morgan fingerprint density at radius 1 is 1.29 bits per heavy atom. The Balaban J connectivity index is 2.67. The molecule has 1 heterocycles. The van der Waals surface area contributed by atoms with Crippen molar-refractivity contribution >= 4 is 6.09 Å². The number of carbonyl (C=O) groups is 1. The largest absolute Gasteiger partial charge is 0.444 e. The average molecular weight is 305 g/mol. The third-order valence-corrected chi connectivity index (χ3v) is 2.72. The molecule has 0 aromatic rings. The van der Waals surface area contributed by atoms with Crippen molar-refractivity contribution in [3.05, 3.63) is 12.2 Å². The van der Waals surface area contributed by atoms with E-state index >= 15 is 0 Å². The molecule has 0 aliphatic carbocycles. The molecule has 0 aromatic carbocycles. The van der Waals surface area contributed by atoms with Crippen LogP contribution in [-0.2, 0) is 9.47 Å². The van der Waals surface area contributed by atoms with Gasteiger partial charge in [0.1, 0.15) is 5.60 Å². The second-order valence-corrected chi connectivity index (χ2v) is 5.76. The van der Waals surface area contributed by atoms with E-state index in [1.807, 2.05) is 5.92 Å². The van der Waals surface area contributed by atoms with E-state index in [-0.39, 0.29) is 13.1 Å². The van der Waals surface area contributed by atoms with Crippen molar-refractivity contribution in [1.29, 1.82) is 0 Å². The molecule has 4 nitrogen and oxygen atoms in total. The van der Waals surface area contributed by atoms with Gasteiger partial charge in [0, 0.05) is 7.11 Å². The fourth-order valence-corrected chi connectivity index (χ4v) is 1.55. The highest BCUT2D eigenvalue weighted by molar-refractivity contribution is 5.70. The second-order valence-electron chi connectivity index (χ2n) is 5.76. The Labute approximate surface area is 121 Å². The molecule has 1 amide bonds. The quantitative estimate of drug-likeness (QED) is 0.699. The predicted molar refractivity (Wildman–Crippen MR) is 70.5 cm³/mol. The minimum atomic E-state index is -4.56. The highest BCUT2D eigenvalue weighted by Gasteiger charge is 2.46. The van der Waals surface area contributed by atoms with E-state index < -0.39 is 29.0 Å². The molecule has 21 heavy (non-hydrogen) atoms. The number of amides is 1. The van der Waals surface area contributed by atoms with E-state index in [2.05, 4.69) is 12.5 Å². The summed E-state index contributed by atoms with van der Waals surface area (Å²) in [5.41, 5.74) is -2.89. The molecule has 0 N–H and O–H groups in total. The Morgan fingerprint density at radius 3 is 2.19 bits per heavy atom. The van der Waals surface area contributed by atoms with Crippen LogP contribution in [0.4, 0.5) is 18.0 Å². The Bertz CT molecular complexity index is 488. The first-order valence-corrected chi connectivity index (χ1v) is 6.21. The molecule has 1 fully saturated rings. The maximum atomic E-state index is 12.3. The van der Waals surface area contributed by atoms with Gasteiger partial charge in [0.2, 0.25) is 0 Å². The Hall–Kier alpha value is -1.68. The van der Waals surface area contributed by atoms with E-state index in [9.17, 15) is 18.0 Å². The van der Waals surface area contributed by atoms with Crippen LogP contribution in [-0.4, -0.2) is 48.6 Å². The molecule has 0 aromatic heterocycles. The van der Waals surface area contributed by atoms with Crippen LogP contribution in [0.5, 0.6) is 0 Å².